The molecule has 20 rings (SSSR count). The van der Waals surface area contributed by atoms with Crippen molar-refractivity contribution in [2.24, 2.45) is 0 Å². The second kappa shape index (κ2) is 35.4. The normalized spacial score (nSPS) is 14.0. The van der Waals surface area contributed by atoms with Crippen molar-refractivity contribution in [2.75, 3.05) is 64.3 Å². The molecule has 0 saturated heterocycles. The van der Waals surface area contributed by atoms with Crippen molar-refractivity contribution in [2.45, 2.75) is 91.9 Å². The number of hydrogen-bond acceptors (Lipinski definition) is 11. The van der Waals surface area contributed by atoms with Gasteiger partial charge in [-0.25, -0.2) is 8.78 Å². The number of anilines is 5. The van der Waals surface area contributed by atoms with Crippen LogP contribution in [0.4, 0.5) is 37.2 Å². The summed E-state index contributed by atoms with van der Waals surface area (Å²) in [6, 6.07) is 63.7. The van der Waals surface area contributed by atoms with Gasteiger partial charge >= 0.3 is 0 Å². The van der Waals surface area contributed by atoms with Crippen LogP contribution in [0.5, 0.6) is 5.75 Å². The zero-order valence-corrected chi connectivity index (χ0v) is 72.9. The number of rotatable bonds is 6. The number of nitrogens with zero attached hydrogens (tertiary/aromatic N) is 5. The third-order valence-electron chi connectivity index (χ3n) is 21.8. The van der Waals surface area contributed by atoms with Crippen molar-refractivity contribution >= 4 is 223 Å². The molecule has 10 heterocycles. The first-order valence-corrected chi connectivity index (χ1v) is 45.0. The zero-order valence-electron chi connectivity index (χ0n) is 65.0. The largest absolute Gasteiger partial charge is 0.497 e. The minimum absolute atomic E-state index is 0.0173. The van der Waals surface area contributed by atoms with Crippen LogP contribution in [-0.4, -0.2) is 69.4 Å². The monoisotopic (exact) mass is 1760 g/mol. The molecule has 5 aliphatic rings. The van der Waals surface area contributed by atoms with Crippen LogP contribution in [0, 0.1) is 39.3 Å². The van der Waals surface area contributed by atoms with E-state index in [0.29, 0.717) is 69.6 Å². The molecule has 0 spiro atoms. The highest BCUT2D eigenvalue weighted by Crippen LogP contribution is 2.45. The number of ether oxygens (including phenoxy) is 1. The van der Waals surface area contributed by atoms with Crippen molar-refractivity contribution in [1.82, 2.24) is 0 Å². The topological polar surface area (TPSA) is 111 Å². The van der Waals surface area contributed by atoms with Gasteiger partial charge in [-0.2, -0.15) is 0 Å². The van der Waals surface area contributed by atoms with Crippen molar-refractivity contribution < 1.29 is 37.5 Å². The van der Waals surface area contributed by atoms with Crippen LogP contribution in [0.15, 0.2) is 200 Å². The zero-order chi connectivity index (χ0) is 82.3. The molecule has 10 aromatic carbocycles. The lowest BCUT2D eigenvalue weighted by Crippen LogP contribution is -2.35. The Kier molecular flexibility index (Phi) is 24.7. The maximum absolute atomic E-state index is 14.6. The molecule has 0 aliphatic carbocycles. The third-order valence-corrected chi connectivity index (χ3v) is 29.8. The molecule has 5 amide bonds. The highest BCUT2D eigenvalue weighted by atomic mass is 35.5. The second-order valence-electron chi connectivity index (χ2n) is 29.8. The second-order valence-corrected chi connectivity index (χ2v) is 37.0. The lowest BCUT2D eigenvalue weighted by atomic mass is 9.99. The molecule has 15 aromatic rings. The van der Waals surface area contributed by atoms with E-state index in [1.54, 1.807) is 35.1 Å². The van der Waals surface area contributed by atoms with Gasteiger partial charge in [0, 0.05) is 117 Å². The van der Waals surface area contributed by atoms with Gasteiger partial charge in [0.25, 0.3) is 29.5 Å². The molecule has 598 valence electrons. The van der Waals surface area contributed by atoms with Gasteiger partial charge < -0.3 is 29.2 Å². The first-order valence-electron chi connectivity index (χ1n) is 39.0. The molecule has 11 nitrogen and oxygen atoms in total. The Morgan fingerprint density at radius 1 is 0.314 bits per heavy atom. The number of halogens is 7. The molecule has 0 bridgehead atoms. The van der Waals surface area contributed by atoms with Gasteiger partial charge in [-0.05, 0) is 222 Å². The maximum Gasteiger partial charge on any atom is 0.271 e. The van der Waals surface area contributed by atoms with Crippen LogP contribution in [-0.2, 0) is 32.1 Å². The Morgan fingerprint density at radius 3 is 1.01 bits per heavy atom. The highest BCUT2D eigenvalue weighted by Gasteiger charge is 2.34. The van der Waals surface area contributed by atoms with Gasteiger partial charge in [-0.1, -0.05) is 178 Å². The quantitative estimate of drug-likeness (QED) is 0.164. The molecule has 0 unspecified atom stereocenters. The van der Waals surface area contributed by atoms with E-state index in [1.807, 2.05) is 149 Å². The number of fused-ring (bicyclic) bond motifs is 10. The van der Waals surface area contributed by atoms with E-state index in [0.717, 1.165) is 168 Å². The lowest BCUT2D eigenvalue weighted by molar-refractivity contribution is 0.0978. The van der Waals surface area contributed by atoms with Crippen LogP contribution >= 0.6 is 115 Å². The Balaban J connectivity index is 0.000000110. The number of aryl methyl sites for hydroxylation is 9. The van der Waals surface area contributed by atoms with E-state index in [1.165, 1.54) is 108 Å². The smallest absolute Gasteiger partial charge is 0.271 e. The predicted octanol–water partition coefficient (Wildman–Crippen LogP) is 27.3. The van der Waals surface area contributed by atoms with Gasteiger partial charge in [0.2, 0.25) is 0 Å². The van der Waals surface area contributed by atoms with E-state index < -0.39 is 5.82 Å². The molecular weight excluding hydrogens is 1680 g/mol. The van der Waals surface area contributed by atoms with Crippen molar-refractivity contribution in [3.63, 3.8) is 0 Å². The number of amides is 5. The van der Waals surface area contributed by atoms with Crippen LogP contribution < -0.4 is 29.2 Å². The predicted molar refractivity (Wildman–Crippen MR) is 492 cm³/mol. The average Bonchev–Trinajstić information content (AvgIpc) is 1.62. The van der Waals surface area contributed by atoms with Crippen molar-refractivity contribution in [1.29, 1.82) is 0 Å². The van der Waals surface area contributed by atoms with E-state index >= 15 is 0 Å². The van der Waals surface area contributed by atoms with Gasteiger partial charge in [-0.15, -0.1) is 56.7 Å². The van der Waals surface area contributed by atoms with Crippen LogP contribution in [0.1, 0.15) is 131 Å². The number of methoxy groups -OCH3 is 1. The molecule has 5 aromatic heterocycles. The van der Waals surface area contributed by atoms with E-state index in [9.17, 15) is 32.8 Å². The third kappa shape index (κ3) is 16.7. The summed E-state index contributed by atoms with van der Waals surface area (Å²) < 4.78 is 38.2. The Labute approximate surface area is 727 Å². The number of thiophene rings is 5. The Bertz CT molecular complexity index is 6130. The fourth-order valence-corrected chi connectivity index (χ4v) is 23.2. The molecule has 118 heavy (non-hydrogen) atoms. The van der Waals surface area contributed by atoms with Gasteiger partial charge in [-0.3, -0.25) is 24.0 Å². The van der Waals surface area contributed by atoms with Crippen LogP contribution in [0.2, 0.25) is 25.1 Å². The summed E-state index contributed by atoms with van der Waals surface area (Å²) in [5.74, 6) is -0.258. The summed E-state index contributed by atoms with van der Waals surface area (Å²) in [5, 5.41) is 7.12. The first-order chi connectivity index (χ1) is 57.1. The maximum atomic E-state index is 14.6. The summed E-state index contributed by atoms with van der Waals surface area (Å²) in [7, 11) is 1.63. The summed E-state index contributed by atoms with van der Waals surface area (Å²) in [5.41, 5.74) is 15.2. The SMILES string of the molecule is COc1ccc2c(Cl)c(C(=O)N3CCCc4cc(C)ccc43)sc2c1.Cc1ccc2c(c1)CCCN2C(=O)c1sc2cc(C)ccc2c1Cl.Cc1ccc2c(c1)CCCN2C(=O)c1sc2ccccc2c1F.O=C(c1sc2ccccc2c1Cl)N1CCCc2cc(Cl)ccc21.O=C(c1sc2ccccc2c1Cl)N1CCCc2cc(F)ccc21. The van der Waals surface area contributed by atoms with Gasteiger partial charge in [0.1, 0.15) is 36.0 Å². The molecule has 0 atom stereocenters. The lowest BCUT2D eigenvalue weighted by Gasteiger charge is -2.29. The van der Waals surface area contributed by atoms with Gasteiger partial charge in [0.15, 0.2) is 5.82 Å². The minimum Gasteiger partial charge on any atom is -0.497 e. The molecule has 5 aliphatic heterocycles. The van der Waals surface area contributed by atoms with Gasteiger partial charge in [0.05, 0.1) is 27.2 Å². The molecule has 0 N–H and O–H groups in total. The fourth-order valence-electron chi connectivity index (χ4n) is 16.1. The van der Waals surface area contributed by atoms with E-state index in [2.05, 4.69) is 63.2 Å². The Hall–Kier alpha value is -9.54. The number of carbonyl (C=O) groups excluding carboxylic acids is 5. The number of benzene rings is 10. The standard InChI is InChI=1S/C20H18ClNO2S.C20H18ClNOS.C19H16FNOS.C18H13Cl2NOS.C18H13ClFNOS/c1-12-5-8-16-13(10-12)4-3-9-22(16)20(23)19-18(21)15-7-6-14(24-2)11-17(15)25-19;1-12-6-8-16-14(10-12)4-3-9-22(16)20(23)19-18(21)15-7-5-13(2)11-17(15)24-19;1-12-8-9-15-13(11-12)5-4-10-21(15)19(22)18-17(20)14-6-2-3-7-16(14)23-18;19-12-7-8-14-11(10-12)4-3-9-21(14)18(22)17-16(20)13-5-1-2-6-15(13)23-17;19-16-13-5-1-2-6-15(13)23-17(16)18(22)21-9-3-4-11-10-12(20)7-8-14(11)21/h5-8,10-11H,3-4,9H2,1-2H3;5-8,10-11H,3-4,9H2,1-2H3;2-3,6-9,11H,4-5,10H2,1H3;2*1-2,5-8,10H,3-4,9H2. The molecule has 0 radical (unpaired) electrons. The highest BCUT2D eigenvalue weighted by molar-refractivity contribution is 7.23. The van der Waals surface area contributed by atoms with Crippen LogP contribution in [0.3, 0.4) is 0 Å². The summed E-state index contributed by atoms with van der Waals surface area (Å²) in [4.78, 5) is 77.0. The minimum atomic E-state index is -0.394. The number of hydrogen-bond donors (Lipinski definition) is 0. The van der Waals surface area contributed by atoms with Crippen LogP contribution in [0.25, 0.3) is 50.4 Å². The molecule has 0 saturated carbocycles. The molecule has 0 fully saturated rings. The summed E-state index contributed by atoms with van der Waals surface area (Å²) in [6.45, 7) is 11.7. The first kappa shape index (κ1) is 82.2. The average molecular weight is 1760 g/mol. The summed E-state index contributed by atoms with van der Waals surface area (Å²) >= 11 is 39.1. The van der Waals surface area contributed by atoms with E-state index in [-0.39, 0.29) is 40.2 Å². The van der Waals surface area contributed by atoms with Crippen molar-refractivity contribution in [3.8, 4) is 5.75 Å². The summed E-state index contributed by atoms with van der Waals surface area (Å²) in [6.07, 6.45) is 9.37. The molecular formula is C95H78Cl5F2N5O6S5. The molecule has 23 heteroatoms. The van der Waals surface area contributed by atoms with Crippen molar-refractivity contribution in [3.05, 3.63) is 311 Å². The fraction of sp³-hybridized carbons (Fsp3) is 0.211. The van der Waals surface area contributed by atoms with E-state index in [4.69, 9.17) is 62.7 Å². The number of carbonyl (C=O) groups is 5. The Morgan fingerprint density at radius 2 is 0.610 bits per heavy atom.